The van der Waals surface area contributed by atoms with Crippen LogP contribution in [0.1, 0.15) is 20.3 Å². The SMILES string of the molecule is CC1C[C@H]2O[C@@]2(C)[C@@]2(CO2)C1=O. The molecule has 1 unspecified atom stereocenters. The molecule has 0 radical (unpaired) electrons. The maximum Gasteiger partial charge on any atom is 0.181 e. The predicted octanol–water partition coefficient (Wildman–Crippen LogP) is 0.522. The Balaban J connectivity index is 2.02. The molecule has 12 heavy (non-hydrogen) atoms. The van der Waals surface area contributed by atoms with Crippen LogP contribution in [0.25, 0.3) is 0 Å². The maximum absolute atomic E-state index is 11.7. The lowest BCUT2D eigenvalue weighted by Gasteiger charge is -2.24. The average Bonchev–Trinajstić information content (AvgIpc) is 2.85. The Kier molecular flexibility index (Phi) is 0.945. The molecule has 66 valence electrons. The lowest BCUT2D eigenvalue weighted by molar-refractivity contribution is -0.130. The number of ketones is 1. The summed E-state index contributed by atoms with van der Waals surface area (Å²) in [5.74, 6) is 0.367. The van der Waals surface area contributed by atoms with Crippen molar-refractivity contribution < 1.29 is 14.3 Å². The molecule has 3 aliphatic rings. The van der Waals surface area contributed by atoms with Crippen molar-refractivity contribution in [1.82, 2.24) is 0 Å². The Labute approximate surface area is 71.0 Å². The molecule has 0 N–H and O–H groups in total. The zero-order valence-corrected chi connectivity index (χ0v) is 7.29. The van der Waals surface area contributed by atoms with E-state index in [1.165, 1.54) is 0 Å². The molecule has 3 fully saturated rings. The third kappa shape index (κ3) is 0.529. The van der Waals surface area contributed by atoms with Crippen LogP contribution in [0, 0.1) is 5.92 Å². The number of ether oxygens (including phenoxy) is 2. The molecular formula is C9H12O3. The van der Waals surface area contributed by atoms with Crippen LogP contribution in [-0.4, -0.2) is 29.7 Å². The number of hydrogen-bond acceptors (Lipinski definition) is 3. The van der Waals surface area contributed by atoms with Gasteiger partial charge in [-0.1, -0.05) is 6.92 Å². The van der Waals surface area contributed by atoms with E-state index in [9.17, 15) is 4.79 Å². The summed E-state index contributed by atoms with van der Waals surface area (Å²) >= 11 is 0. The van der Waals surface area contributed by atoms with Crippen LogP contribution in [0.2, 0.25) is 0 Å². The van der Waals surface area contributed by atoms with E-state index in [-0.39, 0.29) is 23.4 Å². The third-order valence-corrected chi connectivity index (χ3v) is 3.59. The van der Waals surface area contributed by atoms with Crippen molar-refractivity contribution in [3.05, 3.63) is 0 Å². The number of epoxide rings is 2. The number of hydrogen-bond donors (Lipinski definition) is 0. The van der Waals surface area contributed by atoms with Gasteiger partial charge in [0.15, 0.2) is 11.4 Å². The summed E-state index contributed by atoms with van der Waals surface area (Å²) in [5.41, 5.74) is -0.800. The highest BCUT2D eigenvalue weighted by Gasteiger charge is 2.79. The fourth-order valence-corrected chi connectivity index (χ4v) is 2.46. The molecule has 0 amide bonds. The number of carbonyl (C=O) groups is 1. The van der Waals surface area contributed by atoms with Gasteiger partial charge in [0.2, 0.25) is 0 Å². The van der Waals surface area contributed by atoms with Gasteiger partial charge in [-0.2, -0.15) is 0 Å². The Hall–Kier alpha value is -0.410. The average molecular weight is 168 g/mol. The van der Waals surface area contributed by atoms with Gasteiger partial charge in [-0.15, -0.1) is 0 Å². The van der Waals surface area contributed by atoms with E-state index >= 15 is 0 Å². The zero-order chi connectivity index (χ0) is 8.56. The van der Waals surface area contributed by atoms with Crippen LogP contribution in [-0.2, 0) is 14.3 Å². The van der Waals surface area contributed by atoms with Gasteiger partial charge in [-0.3, -0.25) is 4.79 Å². The predicted molar refractivity (Wildman–Crippen MR) is 40.7 cm³/mol. The Bertz CT molecular complexity index is 269. The summed E-state index contributed by atoms with van der Waals surface area (Å²) in [7, 11) is 0. The second kappa shape index (κ2) is 1.61. The monoisotopic (exact) mass is 168 g/mol. The van der Waals surface area contributed by atoms with E-state index in [0.717, 1.165) is 6.42 Å². The Morgan fingerprint density at radius 3 is 2.83 bits per heavy atom. The fourth-order valence-electron chi connectivity index (χ4n) is 2.46. The second-order valence-corrected chi connectivity index (χ2v) is 4.33. The van der Waals surface area contributed by atoms with Crippen molar-refractivity contribution in [3.8, 4) is 0 Å². The van der Waals surface area contributed by atoms with Gasteiger partial charge in [-0.05, 0) is 13.3 Å². The largest absolute Gasteiger partial charge is 0.363 e. The first-order valence-electron chi connectivity index (χ1n) is 4.46. The van der Waals surface area contributed by atoms with Gasteiger partial charge >= 0.3 is 0 Å². The molecule has 4 atom stereocenters. The molecule has 0 bridgehead atoms. The lowest BCUT2D eigenvalue weighted by Crippen LogP contribution is -2.47. The van der Waals surface area contributed by atoms with Crippen LogP contribution in [0.5, 0.6) is 0 Å². The summed E-state index contributed by atoms with van der Waals surface area (Å²) in [6, 6.07) is 0. The molecule has 1 saturated carbocycles. The van der Waals surface area contributed by atoms with Crippen LogP contribution < -0.4 is 0 Å². The lowest BCUT2D eigenvalue weighted by atomic mass is 9.74. The van der Waals surface area contributed by atoms with Crippen LogP contribution >= 0.6 is 0 Å². The van der Waals surface area contributed by atoms with Gasteiger partial charge in [0.25, 0.3) is 0 Å². The molecule has 3 heteroatoms. The minimum atomic E-state index is -0.532. The zero-order valence-electron chi connectivity index (χ0n) is 7.29. The summed E-state index contributed by atoms with van der Waals surface area (Å²) in [6.45, 7) is 4.53. The van der Waals surface area contributed by atoms with Crippen molar-refractivity contribution >= 4 is 5.78 Å². The molecule has 0 aromatic rings. The maximum atomic E-state index is 11.7. The van der Waals surface area contributed by atoms with Crippen LogP contribution in [0.4, 0.5) is 0 Å². The quantitative estimate of drug-likeness (QED) is 0.495. The highest BCUT2D eigenvalue weighted by molar-refractivity contribution is 5.95. The molecular weight excluding hydrogens is 156 g/mol. The molecule has 0 aromatic carbocycles. The fraction of sp³-hybridized carbons (Fsp3) is 0.889. The molecule has 1 spiro atoms. The topological polar surface area (TPSA) is 42.1 Å². The van der Waals surface area contributed by atoms with Gasteiger partial charge in [0, 0.05) is 5.92 Å². The van der Waals surface area contributed by atoms with Gasteiger partial charge < -0.3 is 9.47 Å². The summed E-state index contributed by atoms with van der Waals surface area (Å²) in [5, 5.41) is 0. The minimum absolute atomic E-state index is 0.119. The molecule has 3 rings (SSSR count). The van der Waals surface area contributed by atoms with E-state index in [2.05, 4.69) is 0 Å². The minimum Gasteiger partial charge on any atom is -0.363 e. The van der Waals surface area contributed by atoms with E-state index in [1.807, 2.05) is 13.8 Å². The van der Waals surface area contributed by atoms with Crippen molar-refractivity contribution in [2.75, 3.05) is 6.61 Å². The summed E-state index contributed by atoms with van der Waals surface area (Å²) in [6.07, 6.45) is 1.15. The van der Waals surface area contributed by atoms with Crippen molar-refractivity contribution in [2.45, 2.75) is 37.6 Å². The third-order valence-electron chi connectivity index (χ3n) is 3.59. The Morgan fingerprint density at radius 2 is 2.25 bits per heavy atom. The van der Waals surface area contributed by atoms with E-state index in [4.69, 9.17) is 9.47 Å². The molecule has 0 aromatic heterocycles. The van der Waals surface area contributed by atoms with E-state index in [0.29, 0.717) is 6.61 Å². The van der Waals surface area contributed by atoms with Gasteiger partial charge in [-0.25, -0.2) is 0 Å². The number of Topliss-reactive ketones (excluding diaryl/α,β-unsaturated/α-hetero) is 1. The van der Waals surface area contributed by atoms with Crippen LogP contribution in [0.15, 0.2) is 0 Å². The molecule has 1 aliphatic carbocycles. The van der Waals surface area contributed by atoms with Gasteiger partial charge in [0.1, 0.15) is 5.60 Å². The van der Waals surface area contributed by atoms with E-state index in [1.54, 1.807) is 0 Å². The standard InChI is InChI=1S/C9H12O3/c1-5-3-6-8(2,12-6)9(4-11-9)7(5)10/h5-6H,3-4H2,1-2H3/t5?,6-,8-,9-/m1/s1. The van der Waals surface area contributed by atoms with Crippen LogP contribution in [0.3, 0.4) is 0 Å². The number of carbonyl (C=O) groups excluding carboxylic acids is 1. The van der Waals surface area contributed by atoms with E-state index < -0.39 is 5.60 Å². The van der Waals surface area contributed by atoms with Crippen molar-refractivity contribution in [1.29, 1.82) is 0 Å². The first kappa shape index (κ1) is 7.04. The van der Waals surface area contributed by atoms with Crippen molar-refractivity contribution in [3.63, 3.8) is 0 Å². The smallest absolute Gasteiger partial charge is 0.181 e. The molecule has 2 aliphatic heterocycles. The first-order valence-corrected chi connectivity index (χ1v) is 4.46. The second-order valence-electron chi connectivity index (χ2n) is 4.33. The highest BCUT2D eigenvalue weighted by atomic mass is 16.7. The molecule has 2 heterocycles. The summed E-state index contributed by atoms with van der Waals surface area (Å²) in [4.78, 5) is 11.7. The van der Waals surface area contributed by atoms with Gasteiger partial charge in [0.05, 0.1) is 12.7 Å². The molecule has 2 saturated heterocycles. The first-order chi connectivity index (χ1) is 5.60. The Morgan fingerprint density at radius 1 is 1.58 bits per heavy atom. The number of fused-ring (bicyclic) bond motifs is 2. The molecule has 3 nitrogen and oxygen atoms in total. The van der Waals surface area contributed by atoms with Crippen molar-refractivity contribution in [2.24, 2.45) is 5.92 Å². The number of rotatable bonds is 0. The normalized spacial score (nSPS) is 61.7. The highest BCUT2D eigenvalue weighted by Crippen LogP contribution is 2.60. The summed E-state index contributed by atoms with van der Waals surface area (Å²) < 4.78 is 10.8.